The summed E-state index contributed by atoms with van der Waals surface area (Å²) in [5.74, 6) is 0.0247. The van der Waals surface area contributed by atoms with Crippen LogP contribution in [0, 0.1) is 19.7 Å². The molecular formula is C23H23FN4O3S. The second-order valence-electron chi connectivity index (χ2n) is 7.50. The number of aromatic nitrogens is 3. The van der Waals surface area contributed by atoms with Gasteiger partial charge in [0.15, 0.2) is 0 Å². The van der Waals surface area contributed by atoms with Crippen molar-refractivity contribution < 1.29 is 14.2 Å². The van der Waals surface area contributed by atoms with Crippen molar-refractivity contribution in [3.8, 4) is 5.75 Å². The third-order valence-corrected chi connectivity index (χ3v) is 6.11. The average molecular weight is 455 g/mol. The predicted molar refractivity (Wildman–Crippen MR) is 123 cm³/mol. The van der Waals surface area contributed by atoms with Gasteiger partial charge in [0, 0.05) is 5.69 Å². The molecule has 9 heteroatoms. The van der Waals surface area contributed by atoms with Gasteiger partial charge in [-0.05, 0) is 62.1 Å². The Bertz CT molecular complexity index is 1320. The van der Waals surface area contributed by atoms with E-state index in [9.17, 15) is 14.3 Å². The van der Waals surface area contributed by atoms with E-state index in [1.807, 2.05) is 26.0 Å². The van der Waals surface area contributed by atoms with Crippen LogP contribution in [-0.2, 0) is 6.42 Å². The van der Waals surface area contributed by atoms with Crippen molar-refractivity contribution in [3.05, 3.63) is 74.4 Å². The molecule has 0 aliphatic carbocycles. The molecule has 4 rings (SSSR count). The lowest BCUT2D eigenvalue weighted by atomic mass is 10.0. The minimum absolute atomic E-state index is 0.104. The molecule has 0 bridgehead atoms. The Labute approximate surface area is 188 Å². The number of ether oxygens (including phenoxy) is 1. The molecule has 2 aromatic carbocycles. The molecule has 0 saturated heterocycles. The summed E-state index contributed by atoms with van der Waals surface area (Å²) in [7, 11) is 1.41. The molecule has 3 N–H and O–H groups in total. The molecule has 0 spiro atoms. The normalized spacial score (nSPS) is 12.2. The van der Waals surface area contributed by atoms with Gasteiger partial charge in [0.1, 0.15) is 5.82 Å². The third kappa shape index (κ3) is 4.63. The molecule has 1 unspecified atom stereocenters. The number of H-pyrrole nitrogens is 1. The number of aliphatic hydroxyl groups excluding tert-OH is 1. The summed E-state index contributed by atoms with van der Waals surface area (Å²) in [5.41, 5.74) is 3.32. The van der Waals surface area contributed by atoms with Gasteiger partial charge in [-0.3, -0.25) is 4.79 Å². The molecule has 32 heavy (non-hydrogen) atoms. The number of hydrogen-bond acceptors (Lipinski definition) is 7. The van der Waals surface area contributed by atoms with E-state index in [1.165, 1.54) is 19.2 Å². The maximum absolute atomic E-state index is 13.1. The number of halogens is 1. The third-order valence-electron chi connectivity index (χ3n) is 5.17. The van der Waals surface area contributed by atoms with Crippen molar-refractivity contribution in [1.29, 1.82) is 0 Å². The molecule has 0 aliphatic rings. The molecule has 0 amide bonds. The minimum Gasteiger partial charge on any atom is -0.490 e. The fourth-order valence-electron chi connectivity index (χ4n) is 3.54. The summed E-state index contributed by atoms with van der Waals surface area (Å²) >= 11 is 1.59. The number of nitrogens with one attached hydrogen (secondary N) is 2. The van der Waals surface area contributed by atoms with E-state index in [-0.39, 0.29) is 17.5 Å². The number of aromatic amines is 1. The van der Waals surface area contributed by atoms with Crippen LogP contribution >= 0.6 is 11.3 Å². The fourth-order valence-corrected chi connectivity index (χ4v) is 4.39. The molecule has 0 saturated carbocycles. The average Bonchev–Trinajstić information content (AvgIpc) is 3.11. The van der Waals surface area contributed by atoms with E-state index >= 15 is 0 Å². The number of benzene rings is 2. The molecule has 4 aromatic rings. The second-order valence-corrected chi connectivity index (χ2v) is 8.74. The first-order chi connectivity index (χ1) is 15.3. The molecule has 0 fully saturated rings. The molecule has 2 aromatic heterocycles. The zero-order valence-electron chi connectivity index (χ0n) is 17.9. The highest BCUT2D eigenvalue weighted by molar-refractivity contribution is 7.18. The number of aliphatic hydroxyl groups is 1. The molecule has 166 valence electrons. The fraction of sp³-hybridized carbons (Fsp3) is 0.261. The number of aryl methyl sites for hydroxylation is 3. The zero-order chi connectivity index (χ0) is 22.8. The summed E-state index contributed by atoms with van der Waals surface area (Å²) in [5, 5.41) is 14.6. The van der Waals surface area contributed by atoms with Crippen LogP contribution in [0.3, 0.4) is 0 Å². The van der Waals surface area contributed by atoms with Gasteiger partial charge >= 0.3 is 5.56 Å². The van der Waals surface area contributed by atoms with Gasteiger partial charge in [-0.1, -0.05) is 12.1 Å². The maximum Gasteiger partial charge on any atom is 0.317 e. The Morgan fingerprint density at radius 2 is 1.97 bits per heavy atom. The van der Waals surface area contributed by atoms with Crippen LogP contribution < -0.4 is 15.6 Å². The second kappa shape index (κ2) is 9.05. The van der Waals surface area contributed by atoms with E-state index < -0.39 is 11.7 Å². The SMILES string of the molecule is COc1c(CCC(O)c2ccc(F)cc2)[nH]c(Nc2cc3sc(C)nc3cc2C)nc1=O. The van der Waals surface area contributed by atoms with E-state index in [0.29, 0.717) is 24.1 Å². The molecular weight excluding hydrogens is 431 g/mol. The van der Waals surface area contributed by atoms with Gasteiger partial charge < -0.3 is 20.1 Å². The van der Waals surface area contributed by atoms with Crippen LogP contribution in [0.5, 0.6) is 5.75 Å². The Morgan fingerprint density at radius 1 is 1.22 bits per heavy atom. The van der Waals surface area contributed by atoms with Crippen LogP contribution in [0.4, 0.5) is 16.0 Å². The van der Waals surface area contributed by atoms with Gasteiger partial charge in [-0.2, -0.15) is 4.98 Å². The van der Waals surface area contributed by atoms with Gasteiger partial charge in [0.25, 0.3) is 0 Å². The van der Waals surface area contributed by atoms with Crippen molar-refractivity contribution in [2.75, 3.05) is 12.4 Å². The quantitative estimate of drug-likeness (QED) is 0.379. The minimum atomic E-state index is -0.812. The first-order valence-electron chi connectivity index (χ1n) is 10.1. The number of nitrogens with zero attached hydrogens (tertiary/aromatic N) is 2. The number of hydrogen-bond donors (Lipinski definition) is 3. The highest BCUT2D eigenvalue weighted by atomic mass is 32.1. The van der Waals surface area contributed by atoms with Gasteiger partial charge in [0.05, 0.1) is 34.1 Å². The van der Waals surface area contributed by atoms with Crippen LogP contribution in [-0.4, -0.2) is 27.2 Å². The van der Waals surface area contributed by atoms with Crippen LogP contribution in [0.15, 0.2) is 41.2 Å². The number of fused-ring (bicyclic) bond motifs is 1. The predicted octanol–water partition coefficient (Wildman–Crippen LogP) is 4.55. The molecule has 0 radical (unpaired) electrons. The van der Waals surface area contributed by atoms with Crippen LogP contribution in [0.25, 0.3) is 10.2 Å². The van der Waals surface area contributed by atoms with Gasteiger partial charge in [-0.25, -0.2) is 9.37 Å². The lowest BCUT2D eigenvalue weighted by Gasteiger charge is -2.15. The highest BCUT2D eigenvalue weighted by Crippen LogP contribution is 2.29. The Kier molecular flexibility index (Phi) is 6.20. The molecule has 2 heterocycles. The highest BCUT2D eigenvalue weighted by Gasteiger charge is 2.16. The number of methoxy groups -OCH3 is 1. The summed E-state index contributed by atoms with van der Waals surface area (Å²) < 4.78 is 19.4. The summed E-state index contributed by atoms with van der Waals surface area (Å²) in [6.45, 7) is 3.92. The van der Waals surface area contributed by atoms with Crippen molar-refractivity contribution in [2.45, 2.75) is 32.8 Å². The molecule has 1 atom stereocenters. The first kappa shape index (κ1) is 21.9. The Balaban J connectivity index is 1.58. The van der Waals surface area contributed by atoms with Gasteiger partial charge in [0.2, 0.25) is 11.7 Å². The standard InChI is InChI=1S/C23H23FN4O3S/c1-12-10-18-20(32-13(2)25-18)11-17(12)27-23-26-16(21(31-3)22(30)28-23)8-9-19(29)14-4-6-15(24)7-5-14/h4-7,10-11,19,29H,8-9H2,1-3H3,(H2,26,27,28,30). The van der Waals surface area contributed by atoms with Crippen molar-refractivity contribution in [2.24, 2.45) is 0 Å². The van der Waals surface area contributed by atoms with E-state index in [4.69, 9.17) is 4.74 Å². The first-order valence-corrected chi connectivity index (χ1v) is 10.9. The lowest BCUT2D eigenvalue weighted by Crippen LogP contribution is -2.17. The number of anilines is 2. The summed E-state index contributed by atoms with van der Waals surface area (Å²) in [6.07, 6.45) is -0.167. The van der Waals surface area contributed by atoms with Crippen molar-refractivity contribution >= 4 is 33.2 Å². The zero-order valence-corrected chi connectivity index (χ0v) is 18.7. The lowest BCUT2D eigenvalue weighted by molar-refractivity contribution is 0.167. The van der Waals surface area contributed by atoms with Crippen LogP contribution in [0.2, 0.25) is 0 Å². The number of rotatable bonds is 7. The summed E-state index contributed by atoms with van der Waals surface area (Å²) in [4.78, 5) is 24.2. The van der Waals surface area contributed by atoms with E-state index in [0.717, 1.165) is 26.5 Å². The van der Waals surface area contributed by atoms with E-state index in [1.54, 1.807) is 23.5 Å². The van der Waals surface area contributed by atoms with Crippen molar-refractivity contribution in [1.82, 2.24) is 15.0 Å². The Morgan fingerprint density at radius 3 is 2.69 bits per heavy atom. The smallest absolute Gasteiger partial charge is 0.317 e. The van der Waals surface area contributed by atoms with Crippen LogP contribution in [0.1, 0.15) is 34.4 Å². The summed E-state index contributed by atoms with van der Waals surface area (Å²) in [6, 6.07) is 9.66. The topological polar surface area (TPSA) is 100 Å². The number of thiazole rings is 1. The van der Waals surface area contributed by atoms with Crippen molar-refractivity contribution in [3.63, 3.8) is 0 Å². The molecule has 0 aliphatic heterocycles. The van der Waals surface area contributed by atoms with Gasteiger partial charge in [-0.15, -0.1) is 11.3 Å². The molecule has 7 nitrogen and oxygen atoms in total. The monoisotopic (exact) mass is 454 g/mol. The maximum atomic E-state index is 13.1. The van der Waals surface area contributed by atoms with E-state index in [2.05, 4.69) is 20.3 Å². The Hall–Kier alpha value is -3.30. The largest absolute Gasteiger partial charge is 0.490 e.